The third-order valence-electron chi connectivity index (χ3n) is 2.29. The summed E-state index contributed by atoms with van der Waals surface area (Å²) in [5.74, 6) is 3.38. The third kappa shape index (κ3) is 2.03. The van der Waals surface area contributed by atoms with Crippen molar-refractivity contribution in [2.75, 3.05) is 23.0 Å². The Morgan fingerprint density at radius 2 is 2.50 bits per heavy atom. The molecule has 0 saturated carbocycles. The van der Waals surface area contributed by atoms with Gasteiger partial charge in [-0.1, -0.05) is 0 Å². The van der Waals surface area contributed by atoms with Gasteiger partial charge in [0.25, 0.3) is 0 Å². The molecular formula is C9H12BrN3S. The number of hydrogen-bond acceptors (Lipinski definition) is 4. The molecule has 0 aromatic carbocycles. The molecule has 5 heteroatoms. The second-order valence-electron chi connectivity index (χ2n) is 3.31. The molecular weight excluding hydrogens is 262 g/mol. The van der Waals surface area contributed by atoms with Crippen LogP contribution in [0, 0.1) is 0 Å². The SMILES string of the molecule is CC1CSCCN1c1ncncc1Br. The molecule has 2 rings (SSSR count). The molecule has 76 valence electrons. The van der Waals surface area contributed by atoms with Gasteiger partial charge < -0.3 is 4.90 Å². The normalized spacial score (nSPS) is 22.4. The number of nitrogens with zero attached hydrogens (tertiary/aromatic N) is 3. The fourth-order valence-electron chi connectivity index (χ4n) is 1.56. The van der Waals surface area contributed by atoms with E-state index in [1.165, 1.54) is 11.5 Å². The lowest BCUT2D eigenvalue weighted by Crippen LogP contribution is -2.41. The van der Waals surface area contributed by atoms with Crippen molar-refractivity contribution in [3.8, 4) is 0 Å². The minimum Gasteiger partial charge on any atom is -0.351 e. The van der Waals surface area contributed by atoms with Crippen LogP contribution in [0.3, 0.4) is 0 Å². The van der Waals surface area contributed by atoms with Crippen LogP contribution in [-0.2, 0) is 0 Å². The van der Waals surface area contributed by atoms with Gasteiger partial charge in [-0.25, -0.2) is 9.97 Å². The third-order valence-corrected chi connectivity index (χ3v) is 4.04. The van der Waals surface area contributed by atoms with Crippen molar-refractivity contribution >= 4 is 33.5 Å². The first-order chi connectivity index (χ1) is 6.79. The van der Waals surface area contributed by atoms with E-state index in [4.69, 9.17) is 0 Å². The molecule has 1 fully saturated rings. The van der Waals surface area contributed by atoms with Crippen molar-refractivity contribution in [3.05, 3.63) is 17.0 Å². The summed E-state index contributed by atoms with van der Waals surface area (Å²) in [5, 5.41) is 0. The average Bonchev–Trinajstić information content (AvgIpc) is 2.20. The van der Waals surface area contributed by atoms with E-state index in [2.05, 4.69) is 37.7 Å². The van der Waals surface area contributed by atoms with Gasteiger partial charge in [0.2, 0.25) is 0 Å². The first-order valence-corrected chi connectivity index (χ1v) is 6.53. The van der Waals surface area contributed by atoms with Crippen LogP contribution < -0.4 is 4.90 Å². The summed E-state index contributed by atoms with van der Waals surface area (Å²) in [4.78, 5) is 10.6. The van der Waals surface area contributed by atoms with Crippen LogP contribution in [0.25, 0.3) is 0 Å². The van der Waals surface area contributed by atoms with Crippen LogP contribution >= 0.6 is 27.7 Å². The van der Waals surface area contributed by atoms with Crippen LogP contribution in [0.1, 0.15) is 6.92 Å². The van der Waals surface area contributed by atoms with Crippen molar-refractivity contribution in [3.63, 3.8) is 0 Å². The van der Waals surface area contributed by atoms with Gasteiger partial charge >= 0.3 is 0 Å². The van der Waals surface area contributed by atoms with Gasteiger partial charge in [-0.2, -0.15) is 11.8 Å². The van der Waals surface area contributed by atoms with Crippen LogP contribution in [0.5, 0.6) is 0 Å². The number of halogens is 1. The summed E-state index contributed by atoms with van der Waals surface area (Å²) in [6, 6.07) is 0.556. The first kappa shape index (κ1) is 10.2. The predicted molar refractivity (Wildman–Crippen MR) is 63.9 cm³/mol. The fourth-order valence-corrected chi connectivity index (χ4v) is 3.02. The molecule has 2 heterocycles. The van der Waals surface area contributed by atoms with Gasteiger partial charge in [-0.15, -0.1) is 0 Å². The number of rotatable bonds is 1. The molecule has 0 radical (unpaired) electrons. The lowest BCUT2D eigenvalue weighted by molar-refractivity contribution is 0.686. The highest BCUT2D eigenvalue weighted by Crippen LogP contribution is 2.27. The van der Waals surface area contributed by atoms with Gasteiger partial charge in [-0.3, -0.25) is 0 Å². The van der Waals surface area contributed by atoms with Crippen molar-refractivity contribution in [2.24, 2.45) is 0 Å². The molecule has 0 aliphatic carbocycles. The number of anilines is 1. The van der Waals surface area contributed by atoms with Crippen molar-refractivity contribution < 1.29 is 0 Å². The molecule has 1 aliphatic rings. The molecule has 1 unspecified atom stereocenters. The molecule has 1 aromatic rings. The molecule has 1 saturated heterocycles. The molecule has 3 nitrogen and oxygen atoms in total. The minimum atomic E-state index is 0.556. The van der Waals surface area contributed by atoms with E-state index in [9.17, 15) is 0 Å². The number of thioether (sulfide) groups is 1. The van der Waals surface area contributed by atoms with Crippen LogP contribution in [0.4, 0.5) is 5.82 Å². The Bertz CT molecular complexity index is 321. The van der Waals surface area contributed by atoms with Crippen molar-refractivity contribution in [2.45, 2.75) is 13.0 Å². The molecule has 14 heavy (non-hydrogen) atoms. The lowest BCUT2D eigenvalue weighted by Gasteiger charge is -2.34. The van der Waals surface area contributed by atoms with Crippen LogP contribution in [-0.4, -0.2) is 34.1 Å². The Labute approximate surface area is 96.4 Å². The van der Waals surface area contributed by atoms with Crippen molar-refractivity contribution in [1.82, 2.24) is 9.97 Å². The van der Waals surface area contributed by atoms with Crippen molar-refractivity contribution in [1.29, 1.82) is 0 Å². The maximum absolute atomic E-state index is 4.31. The Hall–Kier alpha value is -0.290. The van der Waals surface area contributed by atoms with Crippen LogP contribution in [0.15, 0.2) is 17.0 Å². The molecule has 0 amide bonds. The lowest BCUT2D eigenvalue weighted by atomic mass is 10.3. The van der Waals surface area contributed by atoms with Gasteiger partial charge in [0.15, 0.2) is 0 Å². The van der Waals surface area contributed by atoms with E-state index in [1.807, 2.05) is 11.8 Å². The summed E-state index contributed by atoms with van der Waals surface area (Å²) in [7, 11) is 0. The highest BCUT2D eigenvalue weighted by atomic mass is 79.9. The zero-order valence-corrected chi connectivity index (χ0v) is 10.4. The van der Waals surface area contributed by atoms with E-state index in [0.717, 1.165) is 16.8 Å². The quantitative estimate of drug-likeness (QED) is 0.785. The minimum absolute atomic E-state index is 0.556. The number of aromatic nitrogens is 2. The maximum atomic E-state index is 4.31. The summed E-state index contributed by atoms with van der Waals surface area (Å²) in [6.45, 7) is 3.31. The van der Waals surface area contributed by atoms with Gasteiger partial charge in [0, 0.05) is 30.3 Å². The molecule has 1 aromatic heterocycles. The second-order valence-corrected chi connectivity index (χ2v) is 5.32. The smallest absolute Gasteiger partial charge is 0.146 e. The largest absolute Gasteiger partial charge is 0.351 e. The molecule has 0 bridgehead atoms. The van der Waals surface area contributed by atoms with Crippen LogP contribution in [0.2, 0.25) is 0 Å². The molecule has 1 aliphatic heterocycles. The Balaban J connectivity index is 2.25. The van der Waals surface area contributed by atoms with E-state index < -0.39 is 0 Å². The van der Waals surface area contributed by atoms with E-state index in [-0.39, 0.29) is 0 Å². The van der Waals surface area contributed by atoms with Gasteiger partial charge in [-0.05, 0) is 22.9 Å². The summed E-state index contributed by atoms with van der Waals surface area (Å²) >= 11 is 5.49. The molecule has 0 spiro atoms. The topological polar surface area (TPSA) is 29.0 Å². The standard InChI is InChI=1S/C9H12BrN3S/c1-7-5-14-3-2-13(7)9-8(10)4-11-6-12-9/h4,6-7H,2-3,5H2,1H3. The highest BCUT2D eigenvalue weighted by molar-refractivity contribution is 9.10. The second kappa shape index (κ2) is 4.49. The van der Waals surface area contributed by atoms with E-state index in [0.29, 0.717) is 6.04 Å². The van der Waals surface area contributed by atoms with Gasteiger partial charge in [0.05, 0.1) is 4.47 Å². The zero-order chi connectivity index (χ0) is 9.97. The van der Waals surface area contributed by atoms with E-state index >= 15 is 0 Å². The Morgan fingerprint density at radius 1 is 1.64 bits per heavy atom. The zero-order valence-electron chi connectivity index (χ0n) is 7.98. The predicted octanol–water partition coefficient (Wildman–Crippen LogP) is 2.18. The Kier molecular flexibility index (Phi) is 3.28. The first-order valence-electron chi connectivity index (χ1n) is 4.59. The molecule has 1 atom stereocenters. The fraction of sp³-hybridized carbons (Fsp3) is 0.556. The Morgan fingerprint density at radius 3 is 3.21 bits per heavy atom. The highest BCUT2D eigenvalue weighted by Gasteiger charge is 2.21. The summed E-state index contributed by atoms with van der Waals surface area (Å²) < 4.78 is 0.985. The monoisotopic (exact) mass is 273 g/mol. The van der Waals surface area contributed by atoms with Gasteiger partial charge in [0.1, 0.15) is 12.1 Å². The number of hydrogen-bond donors (Lipinski definition) is 0. The summed E-state index contributed by atoms with van der Waals surface area (Å²) in [6.07, 6.45) is 3.41. The van der Waals surface area contributed by atoms with E-state index in [1.54, 1.807) is 12.5 Å². The maximum Gasteiger partial charge on any atom is 0.146 e. The average molecular weight is 274 g/mol. The molecule has 0 N–H and O–H groups in total. The summed E-state index contributed by atoms with van der Waals surface area (Å²) in [5.41, 5.74) is 0.